The van der Waals surface area contributed by atoms with Crippen molar-refractivity contribution in [2.45, 2.75) is 25.8 Å². The van der Waals surface area contributed by atoms with Crippen molar-refractivity contribution in [3.8, 4) is 6.07 Å². The average molecular weight is 148 g/mol. The lowest BCUT2D eigenvalue weighted by atomic mass is 10.2. The van der Waals surface area contributed by atoms with Gasteiger partial charge in [-0.1, -0.05) is 0 Å². The molecule has 0 N–H and O–H groups in total. The molecule has 0 atom stereocenters. The van der Waals surface area contributed by atoms with Gasteiger partial charge in [-0.25, -0.2) is 0 Å². The maximum Gasteiger partial charge on any atom is 0.0621 e. The molecule has 0 aliphatic carbocycles. The van der Waals surface area contributed by atoms with E-state index in [2.05, 4.69) is 10.6 Å². The highest BCUT2D eigenvalue weighted by Gasteiger charge is 1.88. The van der Waals surface area contributed by atoms with Gasteiger partial charge < -0.3 is 4.57 Å². The molecule has 0 aromatic carbocycles. The van der Waals surface area contributed by atoms with Crippen LogP contribution in [0.2, 0.25) is 0 Å². The van der Waals surface area contributed by atoms with Crippen molar-refractivity contribution in [1.82, 2.24) is 4.57 Å². The number of nitriles is 1. The van der Waals surface area contributed by atoms with Crippen LogP contribution >= 0.6 is 0 Å². The average Bonchev–Trinajstić information content (AvgIpc) is 2.50. The van der Waals surface area contributed by atoms with E-state index >= 15 is 0 Å². The zero-order valence-corrected chi connectivity index (χ0v) is 6.53. The largest absolute Gasteiger partial charge is 0.354 e. The molecule has 2 heteroatoms. The van der Waals surface area contributed by atoms with Gasteiger partial charge in [-0.3, -0.25) is 0 Å². The third kappa shape index (κ3) is 2.90. The van der Waals surface area contributed by atoms with Crippen LogP contribution in [-0.4, -0.2) is 4.57 Å². The van der Waals surface area contributed by atoms with Crippen LogP contribution in [0.3, 0.4) is 0 Å². The number of hydrogen-bond acceptors (Lipinski definition) is 1. The summed E-state index contributed by atoms with van der Waals surface area (Å²) in [7, 11) is 0. The summed E-state index contributed by atoms with van der Waals surface area (Å²) < 4.78 is 2.14. The van der Waals surface area contributed by atoms with Crippen LogP contribution in [0.1, 0.15) is 19.3 Å². The highest BCUT2D eigenvalue weighted by atomic mass is 14.9. The van der Waals surface area contributed by atoms with Crippen LogP contribution in [-0.2, 0) is 6.54 Å². The number of aromatic nitrogens is 1. The standard InChI is InChI=1S/C9H12N2/c10-6-2-1-3-7-11-8-4-5-9-11/h4-5,8-9H,1-3,7H2. The van der Waals surface area contributed by atoms with Crippen molar-refractivity contribution in [2.75, 3.05) is 0 Å². The van der Waals surface area contributed by atoms with Gasteiger partial charge in [0.2, 0.25) is 0 Å². The van der Waals surface area contributed by atoms with Gasteiger partial charge in [-0.05, 0) is 25.0 Å². The van der Waals surface area contributed by atoms with Crippen molar-refractivity contribution >= 4 is 0 Å². The third-order valence-electron chi connectivity index (χ3n) is 1.62. The molecule has 0 bridgehead atoms. The van der Waals surface area contributed by atoms with E-state index in [4.69, 9.17) is 5.26 Å². The first-order valence-corrected chi connectivity index (χ1v) is 3.91. The number of nitrogens with zero attached hydrogens (tertiary/aromatic N) is 2. The second-order valence-corrected chi connectivity index (χ2v) is 2.54. The van der Waals surface area contributed by atoms with E-state index in [0.717, 1.165) is 19.4 Å². The molecule has 0 radical (unpaired) electrons. The molecule has 1 heterocycles. The SMILES string of the molecule is N#CCCCCn1cccc1. The lowest BCUT2D eigenvalue weighted by molar-refractivity contribution is 0.619. The predicted octanol–water partition coefficient (Wildman–Crippen LogP) is 2.18. The minimum absolute atomic E-state index is 0.682. The molecule has 0 aliphatic rings. The van der Waals surface area contributed by atoms with Crippen LogP contribution in [0, 0.1) is 11.3 Å². The Labute approximate surface area is 67.1 Å². The molecule has 0 unspecified atom stereocenters. The molecule has 0 saturated heterocycles. The molecule has 0 fully saturated rings. The molecular weight excluding hydrogens is 136 g/mol. The summed E-state index contributed by atoms with van der Waals surface area (Å²) in [6.45, 7) is 1.04. The second-order valence-electron chi connectivity index (χ2n) is 2.54. The van der Waals surface area contributed by atoms with E-state index in [1.165, 1.54) is 0 Å². The van der Waals surface area contributed by atoms with Gasteiger partial charge in [0.25, 0.3) is 0 Å². The quantitative estimate of drug-likeness (QED) is 0.601. The van der Waals surface area contributed by atoms with Gasteiger partial charge in [0.1, 0.15) is 0 Å². The van der Waals surface area contributed by atoms with Gasteiger partial charge in [-0.15, -0.1) is 0 Å². The molecule has 0 spiro atoms. The van der Waals surface area contributed by atoms with Gasteiger partial charge in [0.05, 0.1) is 6.07 Å². The molecule has 0 saturated carbocycles. The summed E-state index contributed by atoms with van der Waals surface area (Å²) in [5, 5.41) is 8.27. The Bertz CT molecular complexity index is 218. The fourth-order valence-corrected chi connectivity index (χ4v) is 1.02. The zero-order chi connectivity index (χ0) is 7.94. The maximum absolute atomic E-state index is 8.27. The molecule has 1 aromatic rings. The van der Waals surface area contributed by atoms with E-state index in [-0.39, 0.29) is 0 Å². The second kappa shape index (κ2) is 4.56. The van der Waals surface area contributed by atoms with E-state index in [1.807, 2.05) is 24.5 Å². The molecule has 1 aromatic heterocycles. The Balaban J connectivity index is 2.10. The Hall–Kier alpha value is -1.23. The monoisotopic (exact) mass is 148 g/mol. The minimum Gasteiger partial charge on any atom is -0.354 e. The summed E-state index contributed by atoms with van der Waals surface area (Å²) in [6.07, 6.45) is 6.89. The zero-order valence-electron chi connectivity index (χ0n) is 6.53. The molecule has 1 rings (SSSR count). The molecule has 58 valence electrons. The van der Waals surface area contributed by atoms with E-state index in [9.17, 15) is 0 Å². The lowest BCUT2D eigenvalue weighted by Crippen LogP contribution is -1.92. The summed E-state index contributed by atoms with van der Waals surface area (Å²) in [4.78, 5) is 0. The van der Waals surface area contributed by atoms with E-state index in [0.29, 0.717) is 6.42 Å². The minimum atomic E-state index is 0.682. The maximum atomic E-state index is 8.27. The summed E-state index contributed by atoms with van der Waals surface area (Å²) in [5.41, 5.74) is 0. The first-order valence-electron chi connectivity index (χ1n) is 3.91. The Morgan fingerprint density at radius 1 is 1.18 bits per heavy atom. The molecule has 11 heavy (non-hydrogen) atoms. The van der Waals surface area contributed by atoms with Crippen LogP contribution in [0.5, 0.6) is 0 Å². The number of unbranched alkanes of at least 4 members (excludes halogenated alkanes) is 2. The van der Waals surface area contributed by atoms with Crippen LogP contribution in [0.25, 0.3) is 0 Å². The van der Waals surface area contributed by atoms with Gasteiger partial charge in [-0.2, -0.15) is 5.26 Å². The van der Waals surface area contributed by atoms with Crippen molar-refractivity contribution < 1.29 is 0 Å². The van der Waals surface area contributed by atoms with Crippen LogP contribution < -0.4 is 0 Å². The highest BCUT2D eigenvalue weighted by molar-refractivity contribution is 4.90. The Morgan fingerprint density at radius 2 is 1.91 bits per heavy atom. The molecule has 2 nitrogen and oxygen atoms in total. The third-order valence-corrected chi connectivity index (χ3v) is 1.62. The lowest BCUT2D eigenvalue weighted by Gasteiger charge is -1.99. The first kappa shape index (κ1) is 7.87. The predicted molar refractivity (Wildman–Crippen MR) is 43.9 cm³/mol. The Morgan fingerprint density at radius 3 is 2.55 bits per heavy atom. The van der Waals surface area contributed by atoms with Crippen molar-refractivity contribution in [3.05, 3.63) is 24.5 Å². The summed E-state index contributed by atoms with van der Waals surface area (Å²) in [5.74, 6) is 0. The number of rotatable bonds is 4. The summed E-state index contributed by atoms with van der Waals surface area (Å²) in [6, 6.07) is 6.17. The molecule has 0 aliphatic heterocycles. The first-order chi connectivity index (χ1) is 5.43. The van der Waals surface area contributed by atoms with Gasteiger partial charge >= 0.3 is 0 Å². The number of aryl methyl sites for hydroxylation is 1. The molecule has 0 amide bonds. The fraction of sp³-hybridized carbons (Fsp3) is 0.444. The van der Waals surface area contributed by atoms with Gasteiger partial charge in [0, 0.05) is 25.4 Å². The summed E-state index contributed by atoms with van der Waals surface area (Å²) >= 11 is 0. The highest BCUT2D eigenvalue weighted by Crippen LogP contribution is 1.98. The van der Waals surface area contributed by atoms with E-state index < -0.39 is 0 Å². The van der Waals surface area contributed by atoms with Crippen molar-refractivity contribution in [3.63, 3.8) is 0 Å². The topological polar surface area (TPSA) is 28.7 Å². The van der Waals surface area contributed by atoms with Gasteiger partial charge in [0.15, 0.2) is 0 Å². The smallest absolute Gasteiger partial charge is 0.0621 e. The van der Waals surface area contributed by atoms with Crippen molar-refractivity contribution in [2.24, 2.45) is 0 Å². The van der Waals surface area contributed by atoms with E-state index in [1.54, 1.807) is 0 Å². The molecular formula is C9H12N2. The van der Waals surface area contributed by atoms with Crippen molar-refractivity contribution in [1.29, 1.82) is 5.26 Å². The van der Waals surface area contributed by atoms with Crippen LogP contribution in [0.4, 0.5) is 0 Å². The number of hydrogen-bond donors (Lipinski definition) is 0. The van der Waals surface area contributed by atoms with Crippen LogP contribution in [0.15, 0.2) is 24.5 Å². The normalized spacial score (nSPS) is 9.36. The fourth-order valence-electron chi connectivity index (χ4n) is 1.02. The Kier molecular flexibility index (Phi) is 3.27.